The molecule has 1 rings (SSSR count). The molecule has 0 bridgehead atoms. The van der Waals surface area contributed by atoms with Gasteiger partial charge >= 0.3 is 0 Å². The Morgan fingerprint density at radius 2 is 2.17 bits per heavy atom. The minimum Gasteiger partial charge on any atom is -0.261 e. The van der Waals surface area contributed by atoms with Crippen molar-refractivity contribution in [3.8, 4) is 0 Å². The van der Waals surface area contributed by atoms with Crippen molar-refractivity contribution in [2.45, 2.75) is 0 Å². The molecule has 5 heteroatoms. The van der Waals surface area contributed by atoms with Gasteiger partial charge in [-0.25, -0.2) is 12.8 Å². The van der Waals surface area contributed by atoms with Crippen LogP contribution in [-0.4, -0.2) is 8.42 Å². The lowest BCUT2D eigenvalue weighted by Crippen LogP contribution is -1.88. The Labute approximate surface area is 70.9 Å². The third-order valence-electron chi connectivity index (χ3n) is 1.12. The summed E-state index contributed by atoms with van der Waals surface area (Å²) in [5.74, 6) is -0.437. The molecule has 0 aliphatic heterocycles. The molecule has 0 unspecified atom stereocenters. The van der Waals surface area contributed by atoms with Gasteiger partial charge < -0.3 is 0 Å². The molecule has 0 N–H and O–H groups in total. The number of thiol groups is 1. The van der Waals surface area contributed by atoms with E-state index in [1.807, 2.05) is 0 Å². The second-order valence-electron chi connectivity index (χ2n) is 2.00. The highest BCUT2D eigenvalue weighted by molar-refractivity contribution is 7.67. The second kappa shape index (κ2) is 4.18. The van der Waals surface area contributed by atoms with Crippen molar-refractivity contribution in [1.29, 1.82) is 0 Å². The van der Waals surface area contributed by atoms with Gasteiger partial charge in [0.05, 0.1) is 0 Å². The molecule has 65 valence electrons. The summed E-state index contributed by atoms with van der Waals surface area (Å²) in [5, 5.41) is 0. The predicted octanol–water partition coefficient (Wildman–Crippen LogP) is 0.879. The summed E-state index contributed by atoms with van der Waals surface area (Å²) in [5.41, 5.74) is 0.370. The summed E-state index contributed by atoms with van der Waals surface area (Å²) in [4.78, 5) is 0. The lowest BCUT2D eigenvalue weighted by Gasteiger charge is -1.95. The van der Waals surface area contributed by atoms with Gasteiger partial charge in [-0.1, -0.05) is 12.1 Å². The van der Waals surface area contributed by atoms with Crippen LogP contribution < -0.4 is 0 Å². The highest BCUT2D eigenvalue weighted by Gasteiger charge is 1.96. The SMILES string of the molecule is O=[SH](=O)O[CH]c1cccc(F)c1. The molecule has 0 aromatic heterocycles. The Kier molecular flexibility index (Phi) is 3.19. The minimum absolute atomic E-state index is 0.370. The van der Waals surface area contributed by atoms with E-state index in [4.69, 9.17) is 0 Å². The van der Waals surface area contributed by atoms with Gasteiger partial charge in [0.2, 0.25) is 0 Å². The largest absolute Gasteiger partial charge is 0.261 e. The number of halogens is 1. The lowest BCUT2D eigenvalue weighted by atomic mass is 10.2. The van der Waals surface area contributed by atoms with Crippen molar-refractivity contribution in [2.24, 2.45) is 0 Å². The summed E-state index contributed by atoms with van der Waals surface area (Å²) in [6, 6.07) is 5.41. The fraction of sp³-hybridized carbons (Fsp3) is 0. The van der Waals surface area contributed by atoms with Crippen molar-refractivity contribution >= 4 is 11.0 Å². The third kappa shape index (κ3) is 2.98. The molecule has 0 saturated heterocycles. The average Bonchev–Trinajstić information content (AvgIpc) is 2.01. The fourth-order valence-electron chi connectivity index (χ4n) is 0.684. The molecular weight excluding hydrogens is 183 g/mol. The minimum atomic E-state index is -2.91. The zero-order chi connectivity index (χ0) is 8.97. The van der Waals surface area contributed by atoms with E-state index < -0.39 is 16.8 Å². The van der Waals surface area contributed by atoms with Crippen molar-refractivity contribution < 1.29 is 17.0 Å². The monoisotopic (exact) mass is 189 g/mol. The molecule has 1 aromatic carbocycles. The van der Waals surface area contributed by atoms with Crippen molar-refractivity contribution in [3.63, 3.8) is 0 Å². The Bertz CT molecular complexity index is 327. The van der Waals surface area contributed by atoms with Crippen molar-refractivity contribution in [2.75, 3.05) is 0 Å². The van der Waals surface area contributed by atoms with E-state index in [-0.39, 0.29) is 0 Å². The standard InChI is InChI=1S/C7H6FO3S/c8-7-3-1-2-6(4-7)5-11-12(9)10/h1-5,12H. The molecule has 0 heterocycles. The van der Waals surface area contributed by atoms with Crippen LogP contribution in [0.2, 0.25) is 0 Å². The van der Waals surface area contributed by atoms with Crippen LogP contribution in [0.25, 0.3) is 0 Å². The van der Waals surface area contributed by atoms with Gasteiger partial charge in [0.1, 0.15) is 12.4 Å². The summed E-state index contributed by atoms with van der Waals surface area (Å²) >= 11 is 0. The van der Waals surface area contributed by atoms with Gasteiger partial charge in [0.25, 0.3) is 11.0 Å². The molecule has 0 spiro atoms. The average molecular weight is 189 g/mol. The highest BCUT2D eigenvalue weighted by Crippen LogP contribution is 2.06. The maximum absolute atomic E-state index is 12.5. The zero-order valence-electron chi connectivity index (χ0n) is 5.94. The summed E-state index contributed by atoms with van der Waals surface area (Å²) in [6.45, 7) is 0.967. The van der Waals surface area contributed by atoms with Crippen LogP contribution >= 0.6 is 0 Å². The highest BCUT2D eigenvalue weighted by atomic mass is 32.2. The topological polar surface area (TPSA) is 43.4 Å². The smallest absolute Gasteiger partial charge is 0.257 e. The van der Waals surface area contributed by atoms with E-state index in [0.717, 1.165) is 6.61 Å². The first kappa shape index (κ1) is 9.15. The molecule has 0 atom stereocenters. The molecule has 0 aliphatic carbocycles. The van der Waals surface area contributed by atoms with Gasteiger partial charge in [-0.3, -0.25) is 4.18 Å². The normalized spacial score (nSPS) is 10.5. The molecule has 3 nitrogen and oxygen atoms in total. The van der Waals surface area contributed by atoms with Crippen LogP contribution in [0.5, 0.6) is 0 Å². The van der Waals surface area contributed by atoms with Crippen LogP contribution in [0.3, 0.4) is 0 Å². The van der Waals surface area contributed by atoms with E-state index >= 15 is 0 Å². The number of hydrogen-bond donors (Lipinski definition) is 1. The van der Waals surface area contributed by atoms with E-state index in [0.29, 0.717) is 5.56 Å². The molecule has 1 radical (unpaired) electrons. The van der Waals surface area contributed by atoms with Crippen molar-refractivity contribution in [3.05, 3.63) is 42.3 Å². The first-order chi connectivity index (χ1) is 5.68. The number of benzene rings is 1. The van der Waals surface area contributed by atoms with E-state index in [1.54, 1.807) is 0 Å². The molecule has 0 saturated carbocycles. The molecule has 12 heavy (non-hydrogen) atoms. The molecule has 0 fully saturated rings. The van der Waals surface area contributed by atoms with Gasteiger partial charge in [-0.05, 0) is 17.7 Å². The second-order valence-corrected chi connectivity index (χ2v) is 2.66. The number of rotatable bonds is 3. The van der Waals surface area contributed by atoms with Crippen LogP contribution in [-0.2, 0) is 15.2 Å². The quantitative estimate of drug-likeness (QED) is 0.718. The maximum Gasteiger partial charge on any atom is 0.257 e. The Morgan fingerprint density at radius 3 is 2.75 bits per heavy atom. The first-order valence-electron chi connectivity index (χ1n) is 3.08. The van der Waals surface area contributed by atoms with E-state index in [1.165, 1.54) is 24.3 Å². The van der Waals surface area contributed by atoms with Gasteiger partial charge in [0.15, 0.2) is 0 Å². The fourth-order valence-corrected chi connectivity index (χ4v) is 0.892. The van der Waals surface area contributed by atoms with Gasteiger partial charge in [-0.15, -0.1) is 0 Å². The summed E-state index contributed by atoms with van der Waals surface area (Å²) < 4.78 is 36.5. The number of hydrogen-bond acceptors (Lipinski definition) is 3. The molecule has 0 amide bonds. The third-order valence-corrected chi connectivity index (χ3v) is 1.40. The Balaban J connectivity index is 2.63. The molecular formula is C7H6FO3S. The van der Waals surface area contributed by atoms with Gasteiger partial charge in [0, 0.05) is 0 Å². The van der Waals surface area contributed by atoms with Crippen LogP contribution in [0.4, 0.5) is 4.39 Å². The summed E-state index contributed by atoms with van der Waals surface area (Å²) in [6.07, 6.45) is 0. The zero-order valence-corrected chi connectivity index (χ0v) is 6.83. The first-order valence-corrected chi connectivity index (χ1v) is 4.18. The Hall–Kier alpha value is -0.940. The maximum atomic E-state index is 12.5. The molecule has 0 aliphatic rings. The van der Waals surface area contributed by atoms with Gasteiger partial charge in [-0.2, -0.15) is 0 Å². The lowest BCUT2D eigenvalue weighted by molar-refractivity contribution is 0.428. The van der Waals surface area contributed by atoms with Crippen LogP contribution in [0.1, 0.15) is 5.56 Å². The van der Waals surface area contributed by atoms with Crippen LogP contribution in [0.15, 0.2) is 24.3 Å². The Morgan fingerprint density at radius 1 is 1.42 bits per heavy atom. The van der Waals surface area contributed by atoms with E-state index in [2.05, 4.69) is 4.18 Å². The molecule has 1 aromatic rings. The van der Waals surface area contributed by atoms with E-state index in [9.17, 15) is 12.8 Å². The predicted molar refractivity (Wildman–Crippen MR) is 41.2 cm³/mol. The van der Waals surface area contributed by atoms with Crippen LogP contribution in [0, 0.1) is 12.4 Å². The summed E-state index contributed by atoms with van der Waals surface area (Å²) in [7, 11) is -2.91. The van der Waals surface area contributed by atoms with Crippen molar-refractivity contribution in [1.82, 2.24) is 0 Å².